The van der Waals surface area contributed by atoms with Gasteiger partial charge in [0.25, 0.3) is 0 Å². The van der Waals surface area contributed by atoms with E-state index in [1.54, 1.807) is 7.05 Å². The number of rotatable bonds is 4. The number of anilines is 1. The maximum absolute atomic E-state index is 12.3. The van der Waals surface area contributed by atoms with Crippen molar-refractivity contribution in [2.75, 3.05) is 12.3 Å². The number of sulfonamides is 1. The third-order valence-electron chi connectivity index (χ3n) is 3.56. The summed E-state index contributed by atoms with van der Waals surface area (Å²) < 4.78 is 28.6. The molecule has 2 rings (SSSR count). The van der Waals surface area contributed by atoms with Crippen LogP contribution in [0.25, 0.3) is 0 Å². The van der Waals surface area contributed by atoms with Crippen molar-refractivity contribution < 1.29 is 13.5 Å². The first kappa shape index (κ1) is 14.3. The van der Waals surface area contributed by atoms with Crippen LogP contribution in [0.3, 0.4) is 0 Å². The molecule has 0 aliphatic heterocycles. The van der Waals surface area contributed by atoms with Crippen LogP contribution in [0.4, 0.5) is 5.82 Å². The second kappa shape index (κ2) is 5.48. The third kappa shape index (κ3) is 3.07. The fourth-order valence-corrected chi connectivity index (χ4v) is 3.98. The molecule has 0 amide bonds. The summed E-state index contributed by atoms with van der Waals surface area (Å²) in [5.41, 5.74) is 5.60. The SMILES string of the molecule is Cn1cc(S(=O)(=O)NC2CCCCC2CO)c(N)n1. The number of nitrogens with one attached hydrogen (secondary N) is 1. The fourth-order valence-electron chi connectivity index (χ4n) is 2.54. The molecule has 0 aromatic carbocycles. The van der Waals surface area contributed by atoms with Gasteiger partial charge in [-0.25, -0.2) is 13.1 Å². The lowest BCUT2D eigenvalue weighted by molar-refractivity contribution is 0.164. The Morgan fingerprint density at radius 3 is 2.79 bits per heavy atom. The quantitative estimate of drug-likeness (QED) is 0.712. The molecule has 0 spiro atoms. The molecule has 2 atom stereocenters. The van der Waals surface area contributed by atoms with Crippen LogP contribution in [0.2, 0.25) is 0 Å². The van der Waals surface area contributed by atoms with Crippen molar-refractivity contribution in [3.8, 4) is 0 Å². The Morgan fingerprint density at radius 2 is 2.21 bits per heavy atom. The van der Waals surface area contributed by atoms with E-state index in [1.165, 1.54) is 10.9 Å². The van der Waals surface area contributed by atoms with Crippen molar-refractivity contribution in [1.29, 1.82) is 0 Å². The van der Waals surface area contributed by atoms with Gasteiger partial charge in [0.05, 0.1) is 0 Å². The standard InChI is InChI=1S/C11H20N4O3S/c1-15-6-10(11(12)13-15)19(17,18)14-9-5-3-2-4-8(9)7-16/h6,8-9,14,16H,2-5,7H2,1H3,(H2,12,13). The van der Waals surface area contributed by atoms with Gasteiger partial charge in [-0.1, -0.05) is 12.8 Å². The van der Waals surface area contributed by atoms with Gasteiger partial charge in [0.15, 0.2) is 5.82 Å². The minimum Gasteiger partial charge on any atom is -0.396 e. The Kier molecular flexibility index (Phi) is 4.12. The van der Waals surface area contributed by atoms with E-state index in [4.69, 9.17) is 5.73 Å². The summed E-state index contributed by atoms with van der Waals surface area (Å²) in [6.45, 7) is -0.00426. The van der Waals surface area contributed by atoms with Gasteiger partial charge in [-0.15, -0.1) is 0 Å². The summed E-state index contributed by atoms with van der Waals surface area (Å²) in [5, 5.41) is 13.1. The Bertz CT molecular complexity index is 540. The molecule has 108 valence electrons. The molecule has 1 heterocycles. The second-order valence-electron chi connectivity index (χ2n) is 5.01. The highest BCUT2D eigenvalue weighted by molar-refractivity contribution is 7.89. The van der Waals surface area contributed by atoms with Crippen LogP contribution in [-0.4, -0.2) is 36.0 Å². The number of nitrogens with two attached hydrogens (primary N) is 1. The molecule has 1 saturated carbocycles. The van der Waals surface area contributed by atoms with Crippen molar-refractivity contribution in [3.05, 3.63) is 6.20 Å². The van der Waals surface area contributed by atoms with E-state index in [1.807, 2.05) is 0 Å². The van der Waals surface area contributed by atoms with Crippen LogP contribution in [0.15, 0.2) is 11.1 Å². The van der Waals surface area contributed by atoms with Gasteiger partial charge in [0, 0.05) is 25.9 Å². The number of aromatic nitrogens is 2. The van der Waals surface area contributed by atoms with Crippen molar-refractivity contribution in [2.24, 2.45) is 13.0 Å². The highest BCUT2D eigenvalue weighted by Crippen LogP contribution is 2.26. The zero-order valence-corrected chi connectivity index (χ0v) is 11.7. The topological polar surface area (TPSA) is 110 Å². The van der Waals surface area contributed by atoms with E-state index in [0.717, 1.165) is 25.7 Å². The smallest absolute Gasteiger partial charge is 0.246 e. The van der Waals surface area contributed by atoms with Gasteiger partial charge in [0.2, 0.25) is 10.0 Å². The highest BCUT2D eigenvalue weighted by Gasteiger charge is 2.30. The lowest BCUT2D eigenvalue weighted by atomic mass is 9.86. The van der Waals surface area contributed by atoms with E-state index < -0.39 is 10.0 Å². The molecular formula is C11H20N4O3S. The van der Waals surface area contributed by atoms with Gasteiger partial charge < -0.3 is 10.8 Å². The third-order valence-corrected chi connectivity index (χ3v) is 5.07. The van der Waals surface area contributed by atoms with Crippen LogP contribution < -0.4 is 10.5 Å². The maximum atomic E-state index is 12.3. The number of nitrogens with zero attached hydrogens (tertiary/aromatic N) is 2. The summed E-state index contributed by atoms with van der Waals surface area (Å²) in [6.07, 6.45) is 4.95. The Morgan fingerprint density at radius 1 is 1.53 bits per heavy atom. The first-order valence-corrected chi connectivity index (χ1v) is 7.84. The molecule has 4 N–H and O–H groups in total. The predicted octanol–water partition coefficient (Wildman–Crippen LogP) is -0.168. The van der Waals surface area contributed by atoms with Crippen molar-refractivity contribution in [2.45, 2.75) is 36.6 Å². The molecular weight excluding hydrogens is 268 g/mol. The molecule has 7 nitrogen and oxygen atoms in total. The molecule has 0 radical (unpaired) electrons. The van der Waals surface area contributed by atoms with E-state index in [9.17, 15) is 13.5 Å². The number of aliphatic hydroxyl groups excluding tert-OH is 1. The molecule has 19 heavy (non-hydrogen) atoms. The van der Waals surface area contributed by atoms with Gasteiger partial charge in [-0.2, -0.15) is 5.10 Å². The number of hydrogen-bond donors (Lipinski definition) is 3. The first-order valence-electron chi connectivity index (χ1n) is 6.36. The largest absolute Gasteiger partial charge is 0.396 e. The minimum absolute atomic E-state index is 0.00253. The van der Waals surface area contributed by atoms with E-state index in [2.05, 4.69) is 9.82 Å². The second-order valence-corrected chi connectivity index (χ2v) is 6.69. The van der Waals surface area contributed by atoms with Crippen LogP contribution >= 0.6 is 0 Å². The lowest BCUT2D eigenvalue weighted by Gasteiger charge is -2.30. The Hall–Kier alpha value is -1.12. The zero-order valence-electron chi connectivity index (χ0n) is 10.9. The van der Waals surface area contributed by atoms with E-state index in [-0.39, 0.29) is 29.3 Å². The molecule has 0 bridgehead atoms. The minimum atomic E-state index is -3.68. The fraction of sp³-hybridized carbons (Fsp3) is 0.727. The molecule has 1 aliphatic carbocycles. The van der Waals surface area contributed by atoms with Crippen molar-refractivity contribution in [1.82, 2.24) is 14.5 Å². The Balaban J connectivity index is 2.19. The van der Waals surface area contributed by atoms with Crippen LogP contribution in [0.1, 0.15) is 25.7 Å². The average Bonchev–Trinajstić information content (AvgIpc) is 2.69. The molecule has 2 unspecified atom stereocenters. The summed E-state index contributed by atoms with van der Waals surface area (Å²) in [5.74, 6) is -0.0345. The van der Waals surface area contributed by atoms with Crippen molar-refractivity contribution in [3.63, 3.8) is 0 Å². The van der Waals surface area contributed by atoms with Crippen molar-refractivity contribution >= 4 is 15.8 Å². The van der Waals surface area contributed by atoms with E-state index in [0.29, 0.717) is 0 Å². The predicted molar refractivity (Wildman–Crippen MR) is 70.8 cm³/mol. The molecule has 1 fully saturated rings. The van der Waals surface area contributed by atoms with Crippen LogP contribution in [0, 0.1) is 5.92 Å². The van der Waals surface area contributed by atoms with Gasteiger partial charge in [-0.3, -0.25) is 4.68 Å². The summed E-state index contributed by atoms with van der Waals surface area (Å²) in [7, 11) is -2.06. The number of aliphatic hydroxyl groups is 1. The molecule has 1 aromatic rings. The van der Waals surface area contributed by atoms with Gasteiger partial charge >= 0.3 is 0 Å². The number of hydrogen-bond acceptors (Lipinski definition) is 5. The maximum Gasteiger partial charge on any atom is 0.246 e. The zero-order chi connectivity index (χ0) is 14.0. The van der Waals surface area contributed by atoms with Gasteiger partial charge in [0.1, 0.15) is 4.90 Å². The first-order chi connectivity index (χ1) is 8.94. The lowest BCUT2D eigenvalue weighted by Crippen LogP contribution is -2.43. The highest BCUT2D eigenvalue weighted by atomic mass is 32.2. The Labute approximate surface area is 112 Å². The molecule has 1 aromatic heterocycles. The normalized spacial score (nSPS) is 24.5. The average molecular weight is 288 g/mol. The molecule has 8 heteroatoms. The molecule has 1 aliphatic rings. The summed E-state index contributed by atoms with van der Waals surface area (Å²) >= 11 is 0. The number of nitrogen functional groups attached to an aromatic ring is 1. The van der Waals surface area contributed by atoms with E-state index >= 15 is 0 Å². The van der Waals surface area contributed by atoms with Gasteiger partial charge in [-0.05, 0) is 18.8 Å². The summed E-state index contributed by atoms with van der Waals surface area (Å²) in [6, 6.07) is -0.233. The van der Waals surface area contributed by atoms with Crippen LogP contribution in [0.5, 0.6) is 0 Å². The number of aryl methyl sites for hydroxylation is 1. The molecule has 0 saturated heterocycles. The monoisotopic (exact) mass is 288 g/mol. The summed E-state index contributed by atoms with van der Waals surface area (Å²) in [4.78, 5) is -0.00253. The van der Waals surface area contributed by atoms with Crippen LogP contribution in [-0.2, 0) is 17.1 Å².